The molecule has 0 radical (unpaired) electrons. The number of ether oxygens (including phenoxy) is 1. The Labute approximate surface area is 208 Å². The second-order valence-electron chi connectivity index (χ2n) is 8.37. The molecule has 3 aromatic carbocycles. The third-order valence-electron chi connectivity index (χ3n) is 6.30. The number of aromatic nitrogens is 1. The van der Waals surface area contributed by atoms with Crippen LogP contribution in [0.2, 0.25) is 0 Å². The Morgan fingerprint density at radius 2 is 1.68 bits per heavy atom. The highest BCUT2D eigenvalue weighted by molar-refractivity contribution is 9.10. The van der Waals surface area contributed by atoms with E-state index in [0.717, 1.165) is 49.5 Å². The molecule has 5 rings (SSSR count). The predicted molar refractivity (Wildman–Crippen MR) is 139 cm³/mol. The fraction of sp³-hybridized carbons (Fsp3) is 0.231. The minimum atomic E-state index is -3.72. The molecule has 0 unspecified atom stereocenters. The van der Waals surface area contributed by atoms with Crippen molar-refractivity contribution >= 4 is 42.5 Å². The van der Waals surface area contributed by atoms with Gasteiger partial charge in [0, 0.05) is 54.5 Å². The van der Waals surface area contributed by atoms with E-state index in [4.69, 9.17) is 4.74 Å². The summed E-state index contributed by atoms with van der Waals surface area (Å²) in [6.07, 6.45) is 1.65. The summed E-state index contributed by atoms with van der Waals surface area (Å²) < 4.78 is 34.0. The number of fused-ring (bicyclic) bond motifs is 1. The van der Waals surface area contributed by atoms with Crippen molar-refractivity contribution in [3.8, 4) is 5.75 Å². The van der Waals surface area contributed by atoms with Crippen molar-refractivity contribution in [2.24, 2.45) is 0 Å². The smallest absolute Gasteiger partial charge is 0.269 e. The SMILES string of the molecule is COc1cccc(CN2CCN(c3cccc4c3ccn4S(=O)(=O)c3ccccc3Br)CC2)c1. The minimum absolute atomic E-state index is 0.254. The van der Waals surface area contributed by atoms with Gasteiger partial charge in [-0.3, -0.25) is 4.90 Å². The number of piperazine rings is 1. The quantitative estimate of drug-likeness (QED) is 0.346. The molecule has 1 aromatic heterocycles. The summed E-state index contributed by atoms with van der Waals surface area (Å²) in [5.41, 5.74) is 3.00. The standard InChI is InChI=1S/C26H26BrN3O3S/c1-33-21-7-4-6-20(18-21)19-28-14-16-29(17-15-28)24-9-5-10-25-22(24)12-13-30(25)34(31,32)26-11-3-2-8-23(26)27/h2-13,18H,14-17,19H2,1H3. The van der Waals surface area contributed by atoms with Crippen LogP contribution in [0, 0.1) is 0 Å². The third-order valence-corrected chi connectivity index (χ3v) is 9.00. The first-order valence-electron chi connectivity index (χ1n) is 11.2. The van der Waals surface area contributed by atoms with E-state index in [-0.39, 0.29) is 4.90 Å². The van der Waals surface area contributed by atoms with E-state index in [1.54, 1.807) is 31.5 Å². The molecule has 1 fully saturated rings. The third kappa shape index (κ3) is 4.33. The molecule has 0 aliphatic carbocycles. The normalized spacial score (nSPS) is 15.1. The van der Waals surface area contributed by atoms with E-state index in [0.29, 0.717) is 9.99 Å². The zero-order chi connectivity index (χ0) is 23.7. The molecule has 176 valence electrons. The maximum Gasteiger partial charge on any atom is 0.269 e. The van der Waals surface area contributed by atoms with Gasteiger partial charge in [-0.2, -0.15) is 0 Å². The Hall–Kier alpha value is -2.81. The van der Waals surface area contributed by atoms with Crippen LogP contribution in [0.4, 0.5) is 5.69 Å². The lowest BCUT2D eigenvalue weighted by atomic mass is 10.1. The van der Waals surface area contributed by atoms with E-state index in [9.17, 15) is 8.42 Å². The van der Waals surface area contributed by atoms with Crippen LogP contribution in [0.25, 0.3) is 10.9 Å². The molecule has 0 amide bonds. The van der Waals surface area contributed by atoms with Gasteiger partial charge in [0.1, 0.15) is 10.6 Å². The molecule has 0 bridgehead atoms. The van der Waals surface area contributed by atoms with Gasteiger partial charge in [0.2, 0.25) is 0 Å². The molecule has 1 aliphatic heterocycles. The summed E-state index contributed by atoms with van der Waals surface area (Å²) in [7, 11) is -2.03. The maximum absolute atomic E-state index is 13.4. The molecule has 0 spiro atoms. The van der Waals surface area contributed by atoms with Gasteiger partial charge in [-0.15, -0.1) is 0 Å². The van der Waals surface area contributed by atoms with Crippen LogP contribution in [0.1, 0.15) is 5.56 Å². The highest BCUT2D eigenvalue weighted by Crippen LogP contribution is 2.32. The van der Waals surface area contributed by atoms with Crippen LogP contribution in [0.3, 0.4) is 0 Å². The molecule has 1 saturated heterocycles. The Morgan fingerprint density at radius 1 is 0.912 bits per heavy atom. The van der Waals surface area contributed by atoms with Crippen LogP contribution in [0.15, 0.2) is 88.4 Å². The molecule has 34 heavy (non-hydrogen) atoms. The molecular weight excluding hydrogens is 514 g/mol. The zero-order valence-electron chi connectivity index (χ0n) is 18.9. The van der Waals surface area contributed by atoms with Gasteiger partial charge in [-0.1, -0.05) is 30.3 Å². The van der Waals surface area contributed by atoms with Crippen LogP contribution in [-0.2, 0) is 16.6 Å². The number of hydrogen-bond acceptors (Lipinski definition) is 5. The summed E-state index contributed by atoms with van der Waals surface area (Å²) in [6, 6.07) is 22.9. The fourth-order valence-corrected chi connectivity index (χ4v) is 6.86. The van der Waals surface area contributed by atoms with Crippen LogP contribution in [0.5, 0.6) is 5.75 Å². The fourth-order valence-electron chi connectivity index (χ4n) is 4.55. The first kappa shape index (κ1) is 23.0. The topological polar surface area (TPSA) is 54.8 Å². The van der Waals surface area contributed by atoms with Crippen molar-refractivity contribution in [3.63, 3.8) is 0 Å². The summed E-state index contributed by atoms with van der Waals surface area (Å²) in [5.74, 6) is 0.879. The second-order valence-corrected chi connectivity index (χ2v) is 11.0. The number of rotatable bonds is 6. The lowest BCUT2D eigenvalue weighted by Gasteiger charge is -2.36. The van der Waals surface area contributed by atoms with E-state index in [1.165, 1.54) is 9.54 Å². The molecule has 4 aromatic rings. The van der Waals surface area contributed by atoms with Crippen molar-refractivity contribution in [1.29, 1.82) is 0 Å². The zero-order valence-corrected chi connectivity index (χ0v) is 21.3. The monoisotopic (exact) mass is 539 g/mol. The Balaban J connectivity index is 1.37. The van der Waals surface area contributed by atoms with Gasteiger partial charge in [0.25, 0.3) is 10.0 Å². The Bertz CT molecular complexity index is 1430. The highest BCUT2D eigenvalue weighted by Gasteiger charge is 2.24. The second kappa shape index (κ2) is 9.44. The minimum Gasteiger partial charge on any atom is -0.497 e. The van der Waals surface area contributed by atoms with Gasteiger partial charge in [0.15, 0.2) is 0 Å². The number of hydrogen-bond donors (Lipinski definition) is 0. The molecule has 8 heteroatoms. The summed E-state index contributed by atoms with van der Waals surface area (Å²) >= 11 is 3.38. The molecule has 6 nitrogen and oxygen atoms in total. The van der Waals surface area contributed by atoms with Crippen molar-refractivity contribution in [1.82, 2.24) is 8.87 Å². The van der Waals surface area contributed by atoms with Gasteiger partial charge in [-0.05, 0) is 64.0 Å². The molecule has 1 aliphatic rings. The Morgan fingerprint density at radius 3 is 2.44 bits per heavy atom. The van der Waals surface area contributed by atoms with Crippen molar-refractivity contribution in [3.05, 3.63) is 89.0 Å². The molecule has 0 atom stereocenters. The number of nitrogens with zero attached hydrogens (tertiary/aromatic N) is 3. The largest absolute Gasteiger partial charge is 0.497 e. The molecular formula is C26H26BrN3O3S. The number of anilines is 1. The summed E-state index contributed by atoms with van der Waals surface area (Å²) in [4.78, 5) is 5.04. The van der Waals surface area contributed by atoms with Gasteiger partial charge in [0.05, 0.1) is 12.6 Å². The Kier molecular flexibility index (Phi) is 6.38. The van der Waals surface area contributed by atoms with Gasteiger partial charge < -0.3 is 9.64 Å². The highest BCUT2D eigenvalue weighted by atomic mass is 79.9. The van der Waals surface area contributed by atoms with Crippen LogP contribution >= 0.6 is 15.9 Å². The van der Waals surface area contributed by atoms with E-state index < -0.39 is 10.0 Å². The van der Waals surface area contributed by atoms with Gasteiger partial charge >= 0.3 is 0 Å². The predicted octanol–water partition coefficient (Wildman–Crippen LogP) is 4.97. The summed E-state index contributed by atoms with van der Waals surface area (Å²) in [6.45, 7) is 4.51. The van der Waals surface area contributed by atoms with Crippen molar-refractivity contribution in [2.75, 3.05) is 38.2 Å². The number of halogens is 1. The van der Waals surface area contributed by atoms with Crippen molar-refractivity contribution < 1.29 is 13.2 Å². The van der Waals surface area contributed by atoms with Crippen LogP contribution in [-0.4, -0.2) is 50.6 Å². The molecule has 0 N–H and O–H groups in total. The lowest BCUT2D eigenvalue weighted by Crippen LogP contribution is -2.46. The maximum atomic E-state index is 13.4. The van der Waals surface area contributed by atoms with Crippen molar-refractivity contribution in [2.45, 2.75) is 11.4 Å². The number of benzene rings is 3. The lowest BCUT2D eigenvalue weighted by molar-refractivity contribution is 0.249. The molecule has 0 saturated carbocycles. The first-order chi connectivity index (χ1) is 16.5. The first-order valence-corrected chi connectivity index (χ1v) is 13.4. The average Bonchev–Trinajstić information content (AvgIpc) is 3.30. The van der Waals surface area contributed by atoms with Gasteiger partial charge in [-0.25, -0.2) is 12.4 Å². The molecule has 2 heterocycles. The van der Waals surface area contributed by atoms with E-state index in [2.05, 4.69) is 43.9 Å². The number of methoxy groups -OCH3 is 1. The van der Waals surface area contributed by atoms with E-state index in [1.807, 2.05) is 36.4 Å². The van der Waals surface area contributed by atoms with Crippen LogP contribution < -0.4 is 9.64 Å². The average molecular weight is 540 g/mol. The summed E-state index contributed by atoms with van der Waals surface area (Å²) in [5, 5.41) is 0.944. The van der Waals surface area contributed by atoms with E-state index >= 15 is 0 Å².